The van der Waals surface area contributed by atoms with Gasteiger partial charge in [0.15, 0.2) is 0 Å². The number of hydrogen-bond donors (Lipinski definition) is 2. The van der Waals surface area contributed by atoms with Gasteiger partial charge in [0, 0.05) is 24.2 Å². The number of carbonyl (C=O) groups is 1. The molecule has 35 heavy (non-hydrogen) atoms. The fourth-order valence-corrected chi connectivity index (χ4v) is 4.75. The first kappa shape index (κ1) is 23.2. The van der Waals surface area contributed by atoms with Gasteiger partial charge >= 0.3 is 0 Å². The van der Waals surface area contributed by atoms with E-state index in [2.05, 4.69) is 21.7 Å². The van der Waals surface area contributed by atoms with Crippen LogP contribution < -0.4 is 16.2 Å². The number of nitriles is 1. The van der Waals surface area contributed by atoms with E-state index in [9.17, 15) is 14.0 Å². The van der Waals surface area contributed by atoms with Crippen molar-refractivity contribution >= 4 is 17.4 Å². The SMILES string of the molecule is CC1(F)CN(C(=O)Cn2c3c(cc(CNCc4ccc(C#N)cc4)c2=O)C2OCCN=C2CN3)C1. The molecule has 1 unspecified atom stereocenters. The molecule has 1 amide bonds. The van der Waals surface area contributed by atoms with Gasteiger partial charge in [0.25, 0.3) is 5.56 Å². The summed E-state index contributed by atoms with van der Waals surface area (Å²) >= 11 is 0. The molecule has 1 fully saturated rings. The molecule has 10 heteroatoms. The number of anilines is 1. The molecule has 1 atom stereocenters. The number of hydrogen-bond acceptors (Lipinski definition) is 7. The van der Waals surface area contributed by atoms with Crippen molar-refractivity contribution in [3.8, 4) is 6.07 Å². The second-order valence-electron chi connectivity index (χ2n) is 9.42. The Hall–Kier alpha value is -3.55. The topological polar surface area (TPSA) is 112 Å². The summed E-state index contributed by atoms with van der Waals surface area (Å²) in [7, 11) is 0. The van der Waals surface area contributed by atoms with Gasteiger partial charge in [-0.05, 0) is 30.7 Å². The van der Waals surface area contributed by atoms with Crippen LogP contribution in [-0.2, 0) is 29.2 Å². The number of benzene rings is 1. The molecule has 3 aliphatic rings. The predicted octanol–water partition coefficient (Wildman–Crippen LogP) is 1.52. The average Bonchev–Trinajstić information content (AvgIpc) is 2.85. The van der Waals surface area contributed by atoms with Gasteiger partial charge in [0.05, 0.1) is 50.1 Å². The first-order chi connectivity index (χ1) is 16.8. The molecule has 2 N–H and O–H groups in total. The lowest BCUT2D eigenvalue weighted by Crippen LogP contribution is -2.60. The number of pyridine rings is 1. The predicted molar refractivity (Wildman–Crippen MR) is 128 cm³/mol. The van der Waals surface area contributed by atoms with E-state index >= 15 is 0 Å². The summed E-state index contributed by atoms with van der Waals surface area (Å²) in [4.78, 5) is 32.3. The second kappa shape index (κ2) is 9.24. The van der Waals surface area contributed by atoms with Gasteiger partial charge in [0.2, 0.25) is 5.91 Å². The first-order valence-corrected chi connectivity index (χ1v) is 11.7. The fourth-order valence-electron chi connectivity index (χ4n) is 4.75. The zero-order valence-corrected chi connectivity index (χ0v) is 19.5. The number of likely N-dealkylation sites (tertiary alicyclic amines) is 1. The Bertz CT molecular complexity index is 1270. The number of aliphatic imine (C=N–C) groups is 1. The largest absolute Gasteiger partial charge is 0.366 e. The maximum atomic E-state index is 13.9. The van der Waals surface area contributed by atoms with Crippen LogP contribution in [0.5, 0.6) is 0 Å². The third kappa shape index (κ3) is 4.70. The maximum absolute atomic E-state index is 13.9. The highest BCUT2D eigenvalue weighted by Crippen LogP contribution is 2.33. The molecule has 1 saturated heterocycles. The average molecular weight is 479 g/mol. The Morgan fingerprint density at radius 3 is 2.83 bits per heavy atom. The second-order valence-corrected chi connectivity index (χ2v) is 9.42. The molecule has 5 rings (SSSR count). The van der Waals surface area contributed by atoms with Gasteiger partial charge in [-0.25, -0.2) is 4.39 Å². The summed E-state index contributed by atoms with van der Waals surface area (Å²) < 4.78 is 21.4. The minimum absolute atomic E-state index is 0.0323. The van der Waals surface area contributed by atoms with Crippen molar-refractivity contribution < 1.29 is 13.9 Å². The van der Waals surface area contributed by atoms with Gasteiger partial charge < -0.3 is 20.3 Å². The minimum atomic E-state index is -1.38. The third-order valence-electron chi connectivity index (χ3n) is 6.52. The van der Waals surface area contributed by atoms with E-state index in [-0.39, 0.29) is 43.7 Å². The van der Waals surface area contributed by atoms with Crippen LogP contribution in [-0.4, -0.2) is 59.5 Å². The van der Waals surface area contributed by atoms with Crippen molar-refractivity contribution in [3.63, 3.8) is 0 Å². The number of nitrogens with zero attached hydrogens (tertiary/aromatic N) is 4. The maximum Gasteiger partial charge on any atom is 0.257 e. The van der Waals surface area contributed by atoms with Crippen molar-refractivity contribution in [1.82, 2.24) is 14.8 Å². The van der Waals surface area contributed by atoms with Crippen molar-refractivity contribution in [3.05, 3.63) is 62.9 Å². The van der Waals surface area contributed by atoms with E-state index in [0.29, 0.717) is 43.2 Å². The lowest BCUT2D eigenvalue weighted by molar-refractivity contribution is -0.144. The number of aromatic nitrogens is 1. The van der Waals surface area contributed by atoms with Crippen molar-refractivity contribution in [2.24, 2.45) is 4.99 Å². The van der Waals surface area contributed by atoms with Crippen molar-refractivity contribution in [2.45, 2.75) is 38.3 Å². The summed E-state index contributed by atoms with van der Waals surface area (Å²) in [6.45, 7) is 3.67. The molecule has 1 aromatic heterocycles. The molecule has 2 aromatic rings. The van der Waals surface area contributed by atoms with Gasteiger partial charge in [-0.15, -0.1) is 0 Å². The molecule has 4 heterocycles. The monoisotopic (exact) mass is 478 g/mol. The van der Waals surface area contributed by atoms with E-state index < -0.39 is 5.67 Å². The summed E-state index contributed by atoms with van der Waals surface area (Å²) in [6.07, 6.45) is -0.364. The number of halogens is 1. The summed E-state index contributed by atoms with van der Waals surface area (Å²) in [5, 5.41) is 15.5. The molecule has 0 saturated carbocycles. The molecule has 3 aliphatic heterocycles. The number of alkyl halides is 1. The van der Waals surface area contributed by atoms with E-state index in [1.54, 1.807) is 12.1 Å². The normalized spacial score (nSPS) is 20.0. The molecule has 0 spiro atoms. The highest BCUT2D eigenvalue weighted by atomic mass is 19.1. The number of ether oxygens (including phenoxy) is 1. The quantitative estimate of drug-likeness (QED) is 0.651. The van der Waals surface area contributed by atoms with Crippen LogP contribution in [0.1, 0.15) is 35.3 Å². The van der Waals surface area contributed by atoms with Gasteiger partial charge in [0.1, 0.15) is 24.1 Å². The molecule has 1 aromatic carbocycles. The molecule has 0 aliphatic carbocycles. The Morgan fingerprint density at radius 2 is 2.11 bits per heavy atom. The number of fused-ring (bicyclic) bond motifs is 3. The van der Waals surface area contributed by atoms with Crippen LogP contribution in [0.25, 0.3) is 0 Å². The van der Waals surface area contributed by atoms with Crippen LogP contribution in [0.4, 0.5) is 10.2 Å². The summed E-state index contributed by atoms with van der Waals surface area (Å²) in [5.74, 6) is 0.256. The standard InChI is InChI=1S/C25H27FN6O3/c1-25(26)14-31(15-25)21(33)13-32-23-19(22-20(12-30-23)29-6-7-35-22)8-18(24(32)34)11-28-10-17-4-2-16(9-27)3-5-17/h2-5,8,22,28,30H,6-7,10-15H2,1H3. The lowest BCUT2D eigenvalue weighted by atomic mass is 9.98. The first-order valence-electron chi connectivity index (χ1n) is 11.7. The number of rotatable bonds is 6. The van der Waals surface area contributed by atoms with E-state index in [1.807, 2.05) is 18.2 Å². The smallest absolute Gasteiger partial charge is 0.257 e. The Morgan fingerprint density at radius 1 is 1.34 bits per heavy atom. The molecule has 182 valence electrons. The minimum Gasteiger partial charge on any atom is -0.366 e. The highest BCUT2D eigenvalue weighted by Gasteiger charge is 2.42. The summed E-state index contributed by atoms with van der Waals surface area (Å²) in [5.41, 5.74) is 2.05. The van der Waals surface area contributed by atoms with Crippen LogP contribution in [0.15, 0.2) is 40.1 Å². The number of carbonyl (C=O) groups excluding carboxylic acids is 1. The Balaban J connectivity index is 1.41. The molecule has 0 bridgehead atoms. The van der Waals surface area contributed by atoms with E-state index in [4.69, 9.17) is 10.00 Å². The summed E-state index contributed by atoms with van der Waals surface area (Å²) in [6, 6.07) is 11.1. The van der Waals surface area contributed by atoms with Crippen molar-refractivity contribution in [2.75, 3.05) is 38.1 Å². The van der Waals surface area contributed by atoms with Crippen molar-refractivity contribution in [1.29, 1.82) is 5.26 Å². The van der Waals surface area contributed by atoms with Gasteiger partial charge in [-0.3, -0.25) is 19.1 Å². The molecule has 9 nitrogen and oxygen atoms in total. The van der Waals surface area contributed by atoms with Crippen LogP contribution in [0, 0.1) is 11.3 Å². The van der Waals surface area contributed by atoms with E-state index in [0.717, 1.165) is 16.8 Å². The molecular formula is C25H27FN6O3. The zero-order valence-electron chi connectivity index (χ0n) is 19.5. The Labute approximate surface area is 202 Å². The number of amides is 1. The van der Waals surface area contributed by atoms with Crippen LogP contribution in [0.3, 0.4) is 0 Å². The van der Waals surface area contributed by atoms with Crippen LogP contribution >= 0.6 is 0 Å². The Kier molecular flexibility index (Phi) is 6.13. The fraction of sp³-hybridized carbons (Fsp3) is 0.440. The molecular weight excluding hydrogens is 451 g/mol. The van der Waals surface area contributed by atoms with Gasteiger partial charge in [-0.2, -0.15) is 5.26 Å². The molecule has 0 radical (unpaired) electrons. The highest BCUT2D eigenvalue weighted by molar-refractivity contribution is 5.97. The third-order valence-corrected chi connectivity index (χ3v) is 6.52. The van der Waals surface area contributed by atoms with E-state index in [1.165, 1.54) is 16.4 Å². The van der Waals surface area contributed by atoms with Gasteiger partial charge in [-0.1, -0.05) is 12.1 Å². The lowest BCUT2D eigenvalue weighted by Gasteiger charge is -2.42. The van der Waals surface area contributed by atoms with Crippen LogP contribution in [0.2, 0.25) is 0 Å². The number of nitrogens with one attached hydrogen (secondary N) is 2. The zero-order chi connectivity index (χ0) is 24.6.